The average molecular weight is 396 g/mol. The van der Waals surface area contributed by atoms with Gasteiger partial charge < -0.3 is 19.5 Å². The lowest BCUT2D eigenvalue weighted by molar-refractivity contribution is -0.122. The van der Waals surface area contributed by atoms with Gasteiger partial charge in [-0.2, -0.15) is 0 Å². The summed E-state index contributed by atoms with van der Waals surface area (Å²) in [5, 5.41) is 2.71. The molecule has 2 aromatic carbocycles. The lowest BCUT2D eigenvalue weighted by Gasteiger charge is -2.20. The van der Waals surface area contributed by atoms with E-state index in [0.29, 0.717) is 34.9 Å². The minimum absolute atomic E-state index is 0.0167. The van der Waals surface area contributed by atoms with Gasteiger partial charge in [-0.05, 0) is 37.3 Å². The molecule has 0 aromatic heterocycles. The molecule has 1 heterocycles. The Hall–Kier alpha value is -2.28. The number of halogens is 2. The van der Waals surface area contributed by atoms with Gasteiger partial charge in [0, 0.05) is 16.2 Å². The molecule has 0 bridgehead atoms. The second kappa shape index (κ2) is 7.09. The first-order chi connectivity index (χ1) is 11.5. The summed E-state index contributed by atoms with van der Waals surface area (Å²) in [6.45, 7) is 2.52. The molecule has 1 atom stereocenters. The highest BCUT2D eigenvalue weighted by Gasteiger charge is 2.18. The molecule has 1 aliphatic heterocycles. The largest absolute Gasteiger partial charge is 0.486 e. The number of amides is 1. The van der Waals surface area contributed by atoms with Crippen molar-refractivity contribution in [2.24, 2.45) is 0 Å². The van der Waals surface area contributed by atoms with Gasteiger partial charge in [-0.15, -0.1) is 0 Å². The average Bonchev–Trinajstić information content (AvgIpc) is 2.57. The molecule has 0 saturated carbocycles. The van der Waals surface area contributed by atoms with Crippen LogP contribution in [0.2, 0.25) is 0 Å². The van der Waals surface area contributed by atoms with Crippen LogP contribution in [0.1, 0.15) is 6.92 Å². The maximum atomic E-state index is 13.8. The molecule has 126 valence electrons. The molecule has 24 heavy (non-hydrogen) atoms. The fourth-order valence-electron chi connectivity index (χ4n) is 2.18. The Balaban J connectivity index is 1.65. The van der Waals surface area contributed by atoms with Crippen LogP contribution < -0.4 is 19.5 Å². The zero-order chi connectivity index (χ0) is 17.1. The van der Waals surface area contributed by atoms with E-state index in [4.69, 9.17) is 14.2 Å². The van der Waals surface area contributed by atoms with Crippen LogP contribution in [0.15, 0.2) is 40.9 Å². The quantitative estimate of drug-likeness (QED) is 0.855. The number of hydrogen-bond acceptors (Lipinski definition) is 4. The molecule has 3 rings (SSSR count). The molecule has 0 unspecified atom stereocenters. The van der Waals surface area contributed by atoms with E-state index in [1.54, 1.807) is 31.2 Å². The zero-order valence-electron chi connectivity index (χ0n) is 12.8. The van der Waals surface area contributed by atoms with Crippen LogP contribution in [0.5, 0.6) is 17.2 Å². The molecule has 2 aromatic rings. The first-order valence-corrected chi connectivity index (χ1v) is 8.14. The van der Waals surface area contributed by atoms with Crippen molar-refractivity contribution in [3.8, 4) is 17.2 Å². The molecule has 1 amide bonds. The molecular weight excluding hydrogens is 381 g/mol. The van der Waals surface area contributed by atoms with Crippen LogP contribution in [0.3, 0.4) is 0 Å². The molecule has 1 aliphatic rings. The number of nitrogens with one attached hydrogen (secondary N) is 1. The van der Waals surface area contributed by atoms with Gasteiger partial charge >= 0.3 is 0 Å². The molecule has 0 fully saturated rings. The third-order valence-corrected chi connectivity index (χ3v) is 3.87. The third-order valence-electron chi connectivity index (χ3n) is 3.38. The van der Waals surface area contributed by atoms with Gasteiger partial charge in [0.05, 0.1) is 0 Å². The molecule has 5 nitrogen and oxygen atoms in total. The maximum absolute atomic E-state index is 13.8. The lowest BCUT2D eigenvalue weighted by Crippen LogP contribution is -2.30. The van der Waals surface area contributed by atoms with Crippen molar-refractivity contribution in [1.29, 1.82) is 0 Å². The van der Waals surface area contributed by atoms with Gasteiger partial charge in [0.2, 0.25) is 0 Å². The minimum Gasteiger partial charge on any atom is -0.486 e. The number of rotatable bonds is 4. The van der Waals surface area contributed by atoms with Crippen LogP contribution in [0, 0.1) is 5.82 Å². The number of carbonyl (C=O) groups excluding carboxylic acids is 1. The van der Waals surface area contributed by atoms with Crippen molar-refractivity contribution in [2.75, 3.05) is 18.5 Å². The van der Waals surface area contributed by atoms with E-state index >= 15 is 0 Å². The SMILES string of the molecule is C[C@H](Oc1ccc(Br)cc1F)C(=O)Nc1ccc2c(c1)OCCO2. The van der Waals surface area contributed by atoms with Gasteiger partial charge in [-0.1, -0.05) is 15.9 Å². The summed E-state index contributed by atoms with van der Waals surface area (Å²) in [6.07, 6.45) is -0.867. The highest BCUT2D eigenvalue weighted by molar-refractivity contribution is 9.10. The van der Waals surface area contributed by atoms with E-state index in [1.807, 2.05) is 0 Å². The second-order valence-electron chi connectivity index (χ2n) is 5.18. The van der Waals surface area contributed by atoms with Crippen LogP contribution in [0.4, 0.5) is 10.1 Å². The summed E-state index contributed by atoms with van der Waals surface area (Å²) in [7, 11) is 0. The highest BCUT2D eigenvalue weighted by atomic mass is 79.9. The van der Waals surface area contributed by atoms with Gasteiger partial charge in [0.15, 0.2) is 29.2 Å². The fraction of sp³-hybridized carbons (Fsp3) is 0.235. The lowest BCUT2D eigenvalue weighted by atomic mass is 10.2. The van der Waals surface area contributed by atoms with E-state index in [-0.39, 0.29) is 5.75 Å². The van der Waals surface area contributed by atoms with Crippen molar-refractivity contribution in [1.82, 2.24) is 0 Å². The van der Waals surface area contributed by atoms with Crippen molar-refractivity contribution in [3.05, 3.63) is 46.7 Å². The van der Waals surface area contributed by atoms with Crippen molar-refractivity contribution < 1.29 is 23.4 Å². The Morgan fingerprint density at radius 2 is 1.96 bits per heavy atom. The Morgan fingerprint density at radius 1 is 1.21 bits per heavy atom. The van der Waals surface area contributed by atoms with Crippen LogP contribution >= 0.6 is 15.9 Å². The number of fused-ring (bicyclic) bond motifs is 1. The van der Waals surface area contributed by atoms with Crippen LogP contribution in [0.25, 0.3) is 0 Å². The monoisotopic (exact) mass is 395 g/mol. The number of benzene rings is 2. The summed E-state index contributed by atoms with van der Waals surface area (Å²) in [4.78, 5) is 12.2. The molecule has 0 saturated heterocycles. The van der Waals surface area contributed by atoms with E-state index in [9.17, 15) is 9.18 Å². The number of hydrogen-bond donors (Lipinski definition) is 1. The first kappa shape index (κ1) is 16.6. The summed E-state index contributed by atoms with van der Waals surface area (Å²) in [5.41, 5.74) is 0.552. The Morgan fingerprint density at radius 3 is 2.71 bits per heavy atom. The topological polar surface area (TPSA) is 56.8 Å². The van der Waals surface area contributed by atoms with E-state index in [0.717, 1.165) is 0 Å². The predicted molar refractivity (Wildman–Crippen MR) is 90.3 cm³/mol. The summed E-state index contributed by atoms with van der Waals surface area (Å²) < 4.78 is 30.6. The third kappa shape index (κ3) is 3.79. The Kier molecular flexibility index (Phi) is 4.89. The van der Waals surface area contributed by atoms with Crippen LogP contribution in [-0.2, 0) is 4.79 Å². The van der Waals surface area contributed by atoms with Crippen molar-refractivity contribution in [2.45, 2.75) is 13.0 Å². The van der Waals surface area contributed by atoms with E-state index in [1.165, 1.54) is 12.1 Å². The fourth-order valence-corrected chi connectivity index (χ4v) is 2.51. The van der Waals surface area contributed by atoms with Gasteiger partial charge in [-0.25, -0.2) is 4.39 Å². The molecular formula is C17H15BrFNO4. The second-order valence-corrected chi connectivity index (χ2v) is 6.10. The summed E-state index contributed by atoms with van der Waals surface area (Å²) >= 11 is 3.17. The number of carbonyl (C=O) groups is 1. The predicted octanol–water partition coefficient (Wildman–Crippen LogP) is 3.77. The molecule has 1 N–H and O–H groups in total. The summed E-state index contributed by atoms with van der Waals surface area (Å²) in [5.74, 6) is 0.299. The Labute approximate surface area is 146 Å². The molecule has 7 heteroatoms. The standard InChI is InChI=1S/C17H15BrFNO4/c1-10(24-14-4-2-11(18)8-13(14)19)17(21)20-12-3-5-15-16(9-12)23-7-6-22-15/h2-5,8-10H,6-7H2,1H3,(H,20,21)/t10-/m0/s1. The zero-order valence-corrected chi connectivity index (χ0v) is 14.4. The Bertz CT molecular complexity index is 768. The molecule has 0 spiro atoms. The van der Waals surface area contributed by atoms with Gasteiger partial charge in [0.1, 0.15) is 13.2 Å². The normalized spacial score (nSPS) is 14.0. The smallest absolute Gasteiger partial charge is 0.265 e. The highest BCUT2D eigenvalue weighted by Crippen LogP contribution is 2.32. The minimum atomic E-state index is -0.867. The van der Waals surface area contributed by atoms with Crippen molar-refractivity contribution in [3.63, 3.8) is 0 Å². The number of anilines is 1. The molecule has 0 aliphatic carbocycles. The van der Waals surface area contributed by atoms with Gasteiger partial charge in [-0.3, -0.25) is 4.79 Å². The van der Waals surface area contributed by atoms with Crippen LogP contribution in [-0.4, -0.2) is 25.2 Å². The van der Waals surface area contributed by atoms with Gasteiger partial charge in [0.25, 0.3) is 5.91 Å². The molecule has 0 radical (unpaired) electrons. The van der Waals surface area contributed by atoms with Crippen molar-refractivity contribution >= 4 is 27.5 Å². The van der Waals surface area contributed by atoms with E-state index in [2.05, 4.69) is 21.2 Å². The van der Waals surface area contributed by atoms with E-state index < -0.39 is 17.8 Å². The first-order valence-electron chi connectivity index (χ1n) is 7.35. The number of ether oxygens (including phenoxy) is 3. The summed E-state index contributed by atoms with van der Waals surface area (Å²) in [6, 6.07) is 9.50. The maximum Gasteiger partial charge on any atom is 0.265 e.